The Morgan fingerprint density at radius 3 is 1.18 bits per heavy atom. The zero-order valence-electron chi connectivity index (χ0n) is 30.6. The Labute approximate surface area is 319 Å². The van der Waals surface area contributed by atoms with Crippen LogP contribution < -0.4 is 18.9 Å². The zero-order chi connectivity index (χ0) is 40.3. The fourth-order valence-corrected chi connectivity index (χ4v) is 3.52. The van der Waals surface area contributed by atoms with Gasteiger partial charge in [-0.15, -0.1) is 0 Å². The van der Waals surface area contributed by atoms with Crippen molar-refractivity contribution in [1.82, 2.24) is 0 Å². The molecule has 55 heavy (non-hydrogen) atoms. The summed E-state index contributed by atoms with van der Waals surface area (Å²) in [5.74, 6) is 10.7. The van der Waals surface area contributed by atoms with Crippen LogP contribution in [0.2, 0.25) is 0 Å². The molecule has 11 heteroatoms. The molecule has 0 saturated carbocycles. The van der Waals surface area contributed by atoms with Gasteiger partial charge in [0.05, 0.1) is 11.1 Å². The lowest BCUT2D eigenvalue weighted by molar-refractivity contribution is -0.134. The number of carbonyl (C=O) groups is 4. The molecule has 278 valence electrons. The van der Waals surface area contributed by atoms with Gasteiger partial charge in [0.15, 0.2) is 0 Å². The van der Waals surface area contributed by atoms with Crippen molar-refractivity contribution < 1.29 is 52.3 Å². The van der Waals surface area contributed by atoms with Crippen LogP contribution in [0, 0.1) is 23.7 Å². The van der Waals surface area contributed by atoms with Crippen molar-refractivity contribution >= 4 is 23.9 Å². The Kier molecular flexibility index (Phi) is 15.9. The maximum atomic E-state index is 12.6. The number of hydrogen-bond donors (Lipinski definition) is 0. The Bertz CT molecular complexity index is 2210. The first kappa shape index (κ1) is 41.7. The number of hydrogen-bond acceptors (Lipinski definition) is 11. The van der Waals surface area contributed by atoms with E-state index < -0.39 is 23.9 Å². The Hall–Kier alpha value is -7.76. The minimum Gasteiger partial charge on any atom is -0.462 e. The van der Waals surface area contributed by atoms with Crippen molar-refractivity contribution in [2.24, 2.45) is 0 Å². The van der Waals surface area contributed by atoms with E-state index in [1.165, 1.54) is 52.4 Å². The standard InChI is InChI=1S/C44H36O11/c1-29(2)41(45)52-24-21-49-37-17-11-33(12-18-37)9-15-35-28-40(55-44(48)32(7)8)36(27-39(35)51-23-26-54-43(47)31(5)6)16-10-34-13-19-38(20-14-34)50-22-25-53-42(46)30(3)4/h11-14,17-28H,1,3,5,7H2,2,4,6,8H3. The summed E-state index contributed by atoms with van der Waals surface area (Å²) in [5, 5.41) is 0. The molecule has 0 bridgehead atoms. The highest BCUT2D eigenvalue weighted by molar-refractivity contribution is 5.89. The van der Waals surface area contributed by atoms with Gasteiger partial charge in [-0.05, 0) is 76.2 Å². The summed E-state index contributed by atoms with van der Waals surface area (Å²) in [6, 6.07) is 16.4. The highest BCUT2D eigenvalue weighted by Gasteiger charge is 2.15. The molecule has 3 aromatic rings. The first-order valence-corrected chi connectivity index (χ1v) is 16.1. The smallest absolute Gasteiger partial charge is 0.338 e. The van der Waals surface area contributed by atoms with Gasteiger partial charge in [-0.3, -0.25) is 0 Å². The Morgan fingerprint density at radius 2 is 0.800 bits per heavy atom. The predicted molar refractivity (Wildman–Crippen MR) is 204 cm³/mol. The molecule has 0 atom stereocenters. The average Bonchev–Trinajstić information content (AvgIpc) is 3.16. The van der Waals surface area contributed by atoms with E-state index in [2.05, 4.69) is 50.0 Å². The molecule has 0 unspecified atom stereocenters. The molecule has 0 saturated heterocycles. The molecule has 0 N–H and O–H groups in total. The molecule has 0 fully saturated rings. The molecule has 0 aliphatic rings. The summed E-state index contributed by atoms with van der Waals surface area (Å²) in [6.07, 6.45) is 6.81. The summed E-state index contributed by atoms with van der Waals surface area (Å²) < 4.78 is 37.0. The van der Waals surface area contributed by atoms with Crippen LogP contribution in [0.3, 0.4) is 0 Å². The third-order valence-corrected chi connectivity index (χ3v) is 6.37. The minimum atomic E-state index is -0.690. The van der Waals surface area contributed by atoms with E-state index in [0.29, 0.717) is 22.6 Å². The molecule has 3 rings (SSSR count). The minimum absolute atomic E-state index is 0.0760. The van der Waals surface area contributed by atoms with Crippen LogP contribution in [0.25, 0.3) is 0 Å². The Morgan fingerprint density at radius 1 is 0.455 bits per heavy atom. The highest BCUT2D eigenvalue weighted by atomic mass is 16.6. The van der Waals surface area contributed by atoms with Gasteiger partial charge < -0.3 is 33.2 Å². The molecule has 3 aromatic carbocycles. The van der Waals surface area contributed by atoms with E-state index in [0.717, 1.165) is 25.0 Å². The van der Waals surface area contributed by atoms with Crippen LogP contribution in [0.15, 0.2) is 147 Å². The van der Waals surface area contributed by atoms with E-state index in [-0.39, 0.29) is 44.9 Å². The number of carbonyl (C=O) groups excluding carboxylic acids is 4. The Balaban J connectivity index is 1.95. The van der Waals surface area contributed by atoms with Gasteiger partial charge in [-0.25, -0.2) is 19.2 Å². The van der Waals surface area contributed by atoms with E-state index in [1.807, 2.05) is 0 Å². The number of rotatable bonds is 14. The van der Waals surface area contributed by atoms with Crippen LogP contribution in [0.4, 0.5) is 0 Å². The maximum absolute atomic E-state index is 12.6. The van der Waals surface area contributed by atoms with Gasteiger partial charge in [0.1, 0.15) is 60.6 Å². The summed E-state index contributed by atoms with van der Waals surface area (Å²) in [7, 11) is 0. The van der Waals surface area contributed by atoms with Crippen LogP contribution in [0.5, 0.6) is 23.0 Å². The molecule has 0 amide bonds. The maximum Gasteiger partial charge on any atom is 0.338 e. The largest absolute Gasteiger partial charge is 0.462 e. The molecule has 0 aliphatic carbocycles. The second kappa shape index (κ2) is 20.9. The van der Waals surface area contributed by atoms with Crippen LogP contribution >= 0.6 is 0 Å². The van der Waals surface area contributed by atoms with Gasteiger partial charge >= 0.3 is 23.9 Å². The molecule has 11 nitrogen and oxygen atoms in total. The fraction of sp³-hybridized carbons (Fsp3) is 0.0909. The monoisotopic (exact) mass is 740 g/mol. The van der Waals surface area contributed by atoms with E-state index in [4.69, 9.17) is 33.2 Å². The second-order valence-corrected chi connectivity index (χ2v) is 11.3. The first-order chi connectivity index (χ1) is 26.2. The van der Waals surface area contributed by atoms with Gasteiger partial charge in [0, 0.05) is 45.6 Å². The second-order valence-electron chi connectivity index (χ2n) is 11.3. The topological polar surface area (TPSA) is 133 Å². The normalized spacial score (nSPS) is 10.3. The van der Waals surface area contributed by atoms with Crippen molar-refractivity contribution in [2.45, 2.75) is 27.7 Å². The zero-order valence-corrected chi connectivity index (χ0v) is 30.6. The molecule has 0 heterocycles. The summed E-state index contributed by atoms with van der Waals surface area (Å²) in [6.45, 7) is 20.3. The first-order valence-electron chi connectivity index (χ1n) is 16.1. The highest BCUT2D eigenvalue weighted by Crippen LogP contribution is 2.30. The van der Waals surface area contributed by atoms with Crippen LogP contribution in [-0.4, -0.2) is 23.9 Å². The number of ether oxygens (including phenoxy) is 7. The van der Waals surface area contributed by atoms with E-state index in [9.17, 15) is 19.2 Å². The van der Waals surface area contributed by atoms with E-state index >= 15 is 0 Å². The van der Waals surface area contributed by atoms with Crippen molar-refractivity contribution in [3.8, 4) is 46.7 Å². The summed E-state index contributed by atoms with van der Waals surface area (Å²) >= 11 is 0. The van der Waals surface area contributed by atoms with Crippen LogP contribution in [0.1, 0.15) is 49.9 Å². The lowest BCUT2D eigenvalue weighted by Crippen LogP contribution is -2.09. The quantitative estimate of drug-likeness (QED) is 0.0399. The van der Waals surface area contributed by atoms with Gasteiger partial charge in [-0.2, -0.15) is 0 Å². The lowest BCUT2D eigenvalue weighted by atomic mass is 10.1. The van der Waals surface area contributed by atoms with Gasteiger partial charge in [-0.1, -0.05) is 50.0 Å². The van der Waals surface area contributed by atoms with Crippen molar-refractivity contribution in [2.75, 3.05) is 0 Å². The SMILES string of the molecule is C=C(C)C(=O)OC=COc1ccc(C#Cc2cc(OC(=O)C(=C)C)c(C#Cc3ccc(OC=COC(=O)C(=C)C)cc3)cc2OC=COC(=O)C(=C)C)cc1. The van der Waals surface area contributed by atoms with Crippen LogP contribution in [-0.2, 0) is 33.4 Å². The molecule has 0 aromatic heterocycles. The van der Waals surface area contributed by atoms with Crippen molar-refractivity contribution in [1.29, 1.82) is 0 Å². The molecular weight excluding hydrogens is 704 g/mol. The average molecular weight is 741 g/mol. The fourth-order valence-electron chi connectivity index (χ4n) is 3.52. The van der Waals surface area contributed by atoms with Gasteiger partial charge in [0.2, 0.25) is 0 Å². The molecule has 0 radical (unpaired) electrons. The van der Waals surface area contributed by atoms with Crippen molar-refractivity contribution in [3.63, 3.8) is 0 Å². The van der Waals surface area contributed by atoms with Gasteiger partial charge in [0.25, 0.3) is 0 Å². The molecular formula is C44H36O11. The predicted octanol–water partition coefficient (Wildman–Crippen LogP) is 7.88. The summed E-state index contributed by atoms with van der Waals surface area (Å²) in [4.78, 5) is 47.5. The third kappa shape index (κ3) is 14.4. The lowest BCUT2D eigenvalue weighted by Gasteiger charge is -2.11. The third-order valence-electron chi connectivity index (χ3n) is 6.37. The van der Waals surface area contributed by atoms with Crippen molar-refractivity contribution in [3.05, 3.63) is 169 Å². The summed E-state index contributed by atoms with van der Waals surface area (Å²) in [5.41, 5.74) is 2.55. The molecule has 0 aliphatic heterocycles. The number of esters is 4. The molecule has 0 spiro atoms. The number of benzene rings is 3. The van der Waals surface area contributed by atoms with E-state index in [1.54, 1.807) is 48.5 Å².